The Morgan fingerprint density at radius 1 is 1.18 bits per heavy atom. The largest absolute Gasteiger partial charge is 0.492 e. The molecule has 0 bridgehead atoms. The van der Waals surface area contributed by atoms with Crippen molar-refractivity contribution in [3.8, 4) is 5.75 Å². The number of anilines is 1. The number of nitrogens with one attached hydrogen (secondary N) is 2. The molecule has 11 heteroatoms. The lowest BCUT2D eigenvalue weighted by molar-refractivity contribution is -0.131. The zero-order chi connectivity index (χ0) is 24.9. The Morgan fingerprint density at radius 2 is 1.85 bits per heavy atom. The normalized spacial score (nSPS) is 17.5. The molecule has 2 fully saturated rings. The molecule has 2 N–H and O–H groups in total. The van der Waals surface area contributed by atoms with Crippen LogP contribution in [0.15, 0.2) is 23.1 Å². The quantitative estimate of drug-likeness (QED) is 0.456. The summed E-state index contributed by atoms with van der Waals surface area (Å²) in [5.74, 6) is -0.307. The minimum Gasteiger partial charge on any atom is -0.492 e. The molecule has 1 saturated heterocycles. The highest BCUT2D eigenvalue weighted by molar-refractivity contribution is 7.89. The molecule has 188 valence electrons. The van der Waals surface area contributed by atoms with E-state index in [0.29, 0.717) is 44.6 Å². The second-order valence-corrected chi connectivity index (χ2v) is 10.4. The van der Waals surface area contributed by atoms with Gasteiger partial charge in [0.15, 0.2) is 0 Å². The molecule has 10 nitrogen and oxygen atoms in total. The third-order valence-electron chi connectivity index (χ3n) is 6.34. The lowest BCUT2D eigenvalue weighted by atomic mass is 9.98. The molecular weight excluding hydrogens is 460 g/mol. The Balaban J connectivity index is 1.63. The predicted octanol–water partition coefficient (Wildman–Crippen LogP) is 2.70. The van der Waals surface area contributed by atoms with Crippen molar-refractivity contribution >= 4 is 33.6 Å². The van der Waals surface area contributed by atoms with E-state index in [1.165, 1.54) is 21.3 Å². The van der Waals surface area contributed by atoms with E-state index in [1.54, 1.807) is 26.8 Å². The fourth-order valence-corrected chi connectivity index (χ4v) is 6.20. The number of benzene rings is 1. The lowest BCUT2D eigenvalue weighted by Gasteiger charge is -2.21. The van der Waals surface area contributed by atoms with Crippen molar-refractivity contribution in [2.24, 2.45) is 0 Å². The first-order valence-corrected chi connectivity index (χ1v) is 13.3. The van der Waals surface area contributed by atoms with E-state index in [0.717, 1.165) is 12.8 Å². The van der Waals surface area contributed by atoms with E-state index in [-0.39, 0.29) is 35.4 Å². The van der Waals surface area contributed by atoms with E-state index in [1.807, 2.05) is 0 Å². The number of hydrogen-bond donors (Lipinski definition) is 2. The Kier molecular flexibility index (Phi) is 8.19. The summed E-state index contributed by atoms with van der Waals surface area (Å²) in [5.41, 5.74) is -0.423. The van der Waals surface area contributed by atoms with Crippen molar-refractivity contribution in [2.45, 2.75) is 69.7 Å². The van der Waals surface area contributed by atoms with E-state index < -0.39 is 21.6 Å². The van der Waals surface area contributed by atoms with E-state index >= 15 is 0 Å². The minimum atomic E-state index is -3.80. The smallest absolute Gasteiger partial charge is 0.325 e. The molecule has 1 aliphatic heterocycles. The van der Waals surface area contributed by atoms with Gasteiger partial charge < -0.3 is 15.4 Å². The van der Waals surface area contributed by atoms with Crippen LogP contribution in [0.4, 0.5) is 10.5 Å². The van der Waals surface area contributed by atoms with Crippen LogP contribution in [-0.4, -0.2) is 67.2 Å². The maximum Gasteiger partial charge on any atom is 0.325 e. The molecule has 1 heterocycles. The predicted molar refractivity (Wildman–Crippen MR) is 127 cm³/mol. The summed E-state index contributed by atoms with van der Waals surface area (Å²) in [6.45, 7) is 6.36. The summed E-state index contributed by atoms with van der Waals surface area (Å²) in [7, 11) is -3.80. The monoisotopic (exact) mass is 494 g/mol. The fraction of sp³-hybridized carbons (Fsp3) is 0.609. The summed E-state index contributed by atoms with van der Waals surface area (Å²) in [6, 6.07) is 4.12. The number of imide groups is 1. The number of urea groups is 1. The molecule has 1 aliphatic carbocycles. The standard InChI is InChI=1S/C23H34N4O6S/c1-4-26(5-2)34(31,32)19-16-17(11-12-18(19)33-6-3)24-20(28)10-9-15-27-21(29)23(25-22(27)30)13-7-8-14-23/h11-12,16H,4-10,13-15H2,1-3H3,(H,24,28)(H,25,30). The van der Waals surface area contributed by atoms with Gasteiger partial charge in [0.05, 0.1) is 6.61 Å². The van der Waals surface area contributed by atoms with Crippen LogP contribution < -0.4 is 15.4 Å². The Labute approximate surface area is 201 Å². The Morgan fingerprint density at radius 3 is 2.47 bits per heavy atom. The van der Waals surface area contributed by atoms with Gasteiger partial charge in [0.2, 0.25) is 15.9 Å². The van der Waals surface area contributed by atoms with Gasteiger partial charge in [-0.2, -0.15) is 4.31 Å². The Bertz CT molecular complexity index is 1030. The highest BCUT2D eigenvalue weighted by Crippen LogP contribution is 2.35. The molecule has 1 saturated carbocycles. The van der Waals surface area contributed by atoms with E-state index in [4.69, 9.17) is 4.74 Å². The lowest BCUT2D eigenvalue weighted by Crippen LogP contribution is -2.44. The van der Waals surface area contributed by atoms with Gasteiger partial charge in [0.25, 0.3) is 5.91 Å². The van der Waals surface area contributed by atoms with Crippen molar-refractivity contribution in [2.75, 3.05) is 31.6 Å². The second kappa shape index (κ2) is 10.7. The van der Waals surface area contributed by atoms with Gasteiger partial charge in [-0.3, -0.25) is 14.5 Å². The summed E-state index contributed by atoms with van der Waals surface area (Å²) in [6.07, 6.45) is 3.53. The second-order valence-electron chi connectivity index (χ2n) is 8.51. The van der Waals surface area contributed by atoms with Gasteiger partial charge in [-0.15, -0.1) is 0 Å². The molecule has 0 radical (unpaired) electrons. The van der Waals surface area contributed by atoms with Crippen LogP contribution >= 0.6 is 0 Å². The molecule has 4 amide bonds. The molecule has 3 rings (SSSR count). The van der Waals surface area contributed by atoms with Crippen molar-refractivity contribution in [1.82, 2.24) is 14.5 Å². The minimum absolute atomic E-state index is 0.00274. The van der Waals surface area contributed by atoms with Crippen molar-refractivity contribution < 1.29 is 27.5 Å². The third-order valence-corrected chi connectivity index (χ3v) is 8.41. The molecule has 0 atom stereocenters. The van der Waals surface area contributed by atoms with Gasteiger partial charge in [-0.25, -0.2) is 13.2 Å². The molecule has 2 aliphatic rings. The topological polar surface area (TPSA) is 125 Å². The zero-order valence-electron chi connectivity index (χ0n) is 20.1. The SMILES string of the molecule is CCOc1ccc(NC(=O)CCCN2C(=O)NC3(CCCC3)C2=O)cc1S(=O)(=O)N(CC)CC. The van der Waals surface area contributed by atoms with Crippen LogP contribution in [-0.2, 0) is 19.6 Å². The van der Waals surface area contributed by atoms with Gasteiger partial charge in [-0.1, -0.05) is 26.7 Å². The van der Waals surface area contributed by atoms with Crippen LogP contribution in [0.2, 0.25) is 0 Å². The molecule has 1 spiro atoms. The number of rotatable bonds is 11. The van der Waals surface area contributed by atoms with Crippen molar-refractivity contribution in [1.29, 1.82) is 0 Å². The van der Waals surface area contributed by atoms with Gasteiger partial charge >= 0.3 is 6.03 Å². The maximum absolute atomic E-state index is 13.1. The van der Waals surface area contributed by atoms with Gasteiger partial charge in [0, 0.05) is 31.7 Å². The number of ether oxygens (including phenoxy) is 1. The number of hydrogen-bond acceptors (Lipinski definition) is 6. The van der Waals surface area contributed by atoms with Gasteiger partial charge in [-0.05, 0) is 44.4 Å². The van der Waals surface area contributed by atoms with Crippen LogP contribution in [0, 0.1) is 0 Å². The highest BCUT2D eigenvalue weighted by Gasteiger charge is 2.52. The number of sulfonamides is 1. The van der Waals surface area contributed by atoms with Crippen LogP contribution in [0.25, 0.3) is 0 Å². The highest BCUT2D eigenvalue weighted by atomic mass is 32.2. The molecule has 0 aromatic heterocycles. The average Bonchev–Trinajstić information content (AvgIpc) is 3.35. The van der Waals surface area contributed by atoms with Crippen molar-refractivity contribution in [3.05, 3.63) is 18.2 Å². The average molecular weight is 495 g/mol. The summed E-state index contributed by atoms with van der Waals surface area (Å²) in [5, 5.41) is 5.54. The summed E-state index contributed by atoms with van der Waals surface area (Å²) < 4.78 is 33.0. The van der Waals surface area contributed by atoms with Crippen LogP contribution in [0.3, 0.4) is 0 Å². The van der Waals surface area contributed by atoms with Crippen LogP contribution in [0.1, 0.15) is 59.3 Å². The van der Waals surface area contributed by atoms with Crippen molar-refractivity contribution in [3.63, 3.8) is 0 Å². The molecule has 1 aromatic carbocycles. The molecule has 0 unspecified atom stereocenters. The zero-order valence-corrected chi connectivity index (χ0v) is 20.9. The molecule has 34 heavy (non-hydrogen) atoms. The number of nitrogens with zero attached hydrogens (tertiary/aromatic N) is 2. The number of amides is 4. The number of carbonyl (C=O) groups is 3. The first-order valence-electron chi connectivity index (χ1n) is 11.9. The first kappa shape index (κ1) is 26.0. The summed E-state index contributed by atoms with van der Waals surface area (Å²) >= 11 is 0. The first-order chi connectivity index (χ1) is 16.2. The van der Waals surface area contributed by atoms with E-state index in [9.17, 15) is 22.8 Å². The fourth-order valence-electron chi connectivity index (χ4n) is 4.58. The summed E-state index contributed by atoms with van der Waals surface area (Å²) in [4.78, 5) is 38.7. The molecular formula is C23H34N4O6S. The molecule has 1 aromatic rings. The maximum atomic E-state index is 13.1. The van der Waals surface area contributed by atoms with Crippen LogP contribution in [0.5, 0.6) is 5.75 Å². The van der Waals surface area contributed by atoms with Gasteiger partial charge in [0.1, 0.15) is 16.2 Å². The number of carbonyl (C=O) groups excluding carboxylic acids is 3. The third kappa shape index (κ3) is 5.20. The van der Waals surface area contributed by atoms with E-state index in [2.05, 4.69) is 10.6 Å². The Hall–Kier alpha value is -2.66.